The summed E-state index contributed by atoms with van der Waals surface area (Å²) in [5, 5.41) is 3.40. The SMILES string of the molecule is CCCCCN(CCCCC)C(=O)CCC1CCNCC1. The number of rotatable bonds is 11. The first kappa shape index (κ1) is 18.5. The number of carbonyl (C=O) groups is 1. The topological polar surface area (TPSA) is 32.3 Å². The molecule has 0 aromatic heterocycles. The van der Waals surface area contributed by atoms with Crippen LogP contribution in [0.2, 0.25) is 0 Å². The number of amides is 1. The van der Waals surface area contributed by atoms with Gasteiger partial charge in [0.05, 0.1) is 0 Å². The summed E-state index contributed by atoms with van der Waals surface area (Å²) in [6.07, 6.45) is 11.6. The van der Waals surface area contributed by atoms with Gasteiger partial charge < -0.3 is 10.2 Å². The van der Waals surface area contributed by atoms with Crippen molar-refractivity contribution in [3.63, 3.8) is 0 Å². The lowest BCUT2D eigenvalue weighted by Gasteiger charge is -2.26. The smallest absolute Gasteiger partial charge is 0.222 e. The van der Waals surface area contributed by atoms with Crippen LogP contribution < -0.4 is 5.32 Å². The van der Waals surface area contributed by atoms with E-state index in [2.05, 4.69) is 24.1 Å². The summed E-state index contributed by atoms with van der Waals surface area (Å²) in [7, 11) is 0. The third-order valence-electron chi connectivity index (χ3n) is 4.64. The quantitative estimate of drug-likeness (QED) is 0.585. The van der Waals surface area contributed by atoms with Crippen LogP contribution in [0.3, 0.4) is 0 Å². The van der Waals surface area contributed by atoms with Gasteiger partial charge in [0.2, 0.25) is 5.91 Å². The standard InChI is InChI=1S/C18H36N2O/c1-3-5-7-15-20(16-8-6-4-2)18(21)10-9-17-11-13-19-14-12-17/h17,19H,3-16H2,1-2H3. The minimum Gasteiger partial charge on any atom is -0.343 e. The highest BCUT2D eigenvalue weighted by Gasteiger charge is 2.17. The number of nitrogens with zero attached hydrogens (tertiary/aromatic N) is 1. The maximum absolute atomic E-state index is 12.5. The lowest BCUT2D eigenvalue weighted by molar-refractivity contribution is -0.131. The van der Waals surface area contributed by atoms with Gasteiger partial charge in [0.15, 0.2) is 0 Å². The Hall–Kier alpha value is -0.570. The first-order valence-corrected chi connectivity index (χ1v) is 9.26. The van der Waals surface area contributed by atoms with E-state index in [9.17, 15) is 4.79 Å². The molecule has 21 heavy (non-hydrogen) atoms. The van der Waals surface area contributed by atoms with Crippen molar-refractivity contribution in [1.29, 1.82) is 0 Å². The Morgan fingerprint density at radius 3 is 2.10 bits per heavy atom. The van der Waals surface area contributed by atoms with Crippen molar-refractivity contribution < 1.29 is 4.79 Å². The van der Waals surface area contributed by atoms with Crippen LogP contribution in [0, 0.1) is 5.92 Å². The van der Waals surface area contributed by atoms with Crippen LogP contribution in [0.15, 0.2) is 0 Å². The fraction of sp³-hybridized carbons (Fsp3) is 0.944. The number of nitrogens with one attached hydrogen (secondary N) is 1. The Kier molecular flexibility index (Phi) is 10.6. The molecule has 0 atom stereocenters. The van der Waals surface area contributed by atoms with Crippen molar-refractivity contribution in [1.82, 2.24) is 10.2 Å². The average Bonchev–Trinajstić information content (AvgIpc) is 2.52. The first-order chi connectivity index (χ1) is 10.3. The zero-order chi connectivity index (χ0) is 15.3. The zero-order valence-corrected chi connectivity index (χ0v) is 14.3. The molecular weight excluding hydrogens is 260 g/mol. The largest absolute Gasteiger partial charge is 0.343 e. The second-order valence-electron chi connectivity index (χ2n) is 6.53. The van der Waals surface area contributed by atoms with E-state index in [1.807, 2.05) is 0 Å². The van der Waals surface area contributed by atoms with Crippen molar-refractivity contribution in [3.8, 4) is 0 Å². The van der Waals surface area contributed by atoms with E-state index in [0.717, 1.165) is 44.9 Å². The number of piperidine rings is 1. The van der Waals surface area contributed by atoms with Crippen LogP contribution in [0.1, 0.15) is 78.1 Å². The van der Waals surface area contributed by atoms with Crippen molar-refractivity contribution >= 4 is 5.91 Å². The van der Waals surface area contributed by atoms with Crippen LogP contribution in [0.5, 0.6) is 0 Å². The van der Waals surface area contributed by atoms with Crippen LogP contribution in [0.25, 0.3) is 0 Å². The van der Waals surface area contributed by atoms with Gasteiger partial charge in [0, 0.05) is 19.5 Å². The fourth-order valence-electron chi connectivity index (χ4n) is 3.12. The average molecular weight is 296 g/mol. The molecule has 1 N–H and O–H groups in total. The molecule has 124 valence electrons. The predicted molar refractivity (Wildman–Crippen MR) is 90.5 cm³/mol. The Labute approximate surface area is 131 Å². The second kappa shape index (κ2) is 12.0. The minimum absolute atomic E-state index is 0.403. The van der Waals surface area contributed by atoms with Crippen LogP contribution in [-0.4, -0.2) is 37.0 Å². The molecule has 1 aliphatic heterocycles. The van der Waals surface area contributed by atoms with E-state index in [0.29, 0.717) is 5.91 Å². The molecule has 0 aromatic rings. The normalized spacial score (nSPS) is 16.1. The molecule has 0 aliphatic carbocycles. The zero-order valence-electron chi connectivity index (χ0n) is 14.3. The van der Waals surface area contributed by atoms with Crippen molar-refractivity contribution in [2.24, 2.45) is 5.92 Å². The third kappa shape index (κ3) is 8.45. The molecule has 1 saturated heterocycles. The Balaban J connectivity index is 2.29. The highest BCUT2D eigenvalue weighted by atomic mass is 16.2. The third-order valence-corrected chi connectivity index (χ3v) is 4.64. The van der Waals surface area contributed by atoms with E-state index in [-0.39, 0.29) is 0 Å². The number of unbranched alkanes of at least 4 members (excludes halogenated alkanes) is 4. The van der Waals surface area contributed by atoms with E-state index in [1.54, 1.807) is 0 Å². The maximum atomic E-state index is 12.5. The summed E-state index contributed by atoms with van der Waals surface area (Å²) in [4.78, 5) is 14.6. The molecule has 0 bridgehead atoms. The van der Waals surface area contributed by atoms with E-state index < -0.39 is 0 Å². The minimum atomic E-state index is 0.403. The van der Waals surface area contributed by atoms with Gasteiger partial charge in [-0.2, -0.15) is 0 Å². The Bertz CT molecular complexity index is 252. The molecule has 0 radical (unpaired) electrons. The van der Waals surface area contributed by atoms with Gasteiger partial charge >= 0.3 is 0 Å². The summed E-state index contributed by atoms with van der Waals surface area (Å²) < 4.78 is 0. The van der Waals surface area contributed by atoms with E-state index in [4.69, 9.17) is 0 Å². The highest BCUT2D eigenvalue weighted by molar-refractivity contribution is 5.76. The molecule has 1 heterocycles. The van der Waals surface area contributed by atoms with Crippen LogP contribution in [0.4, 0.5) is 0 Å². The maximum Gasteiger partial charge on any atom is 0.222 e. The Morgan fingerprint density at radius 1 is 1.00 bits per heavy atom. The van der Waals surface area contributed by atoms with Gasteiger partial charge in [-0.3, -0.25) is 4.79 Å². The number of hydrogen-bond acceptors (Lipinski definition) is 2. The predicted octanol–water partition coefficient (Wildman–Crippen LogP) is 3.98. The molecule has 0 aromatic carbocycles. The summed E-state index contributed by atoms with van der Waals surface area (Å²) in [5.41, 5.74) is 0. The monoisotopic (exact) mass is 296 g/mol. The van der Waals surface area contributed by atoms with Crippen molar-refractivity contribution in [2.75, 3.05) is 26.2 Å². The molecule has 1 aliphatic rings. The molecule has 3 heteroatoms. The lowest BCUT2D eigenvalue weighted by Crippen LogP contribution is -2.34. The van der Waals surface area contributed by atoms with Gasteiger partial charge in [-0.05, 0) is 51.1 Å². The summed E-state index contributed by atoms with van der Waals surface area (Å²) in [6, 6.07) is 0. The van der Waals surface area contributed by atoms with Gasteiger partial charge in [-0.25, -0.2) is 0 Å². The van der Waals surface area contributed by atoms with E-state index in [1.165, 1.54) is 51.4 Å². The summed E-state index contributed by atoms with van der Waals surface area (Å²) in [5.74, 6) is 1.17. The molecule has 1 amide bonds. The van der Waals surface area contributed by atoms with Gasteiger partial charge in [-0.15, -0.1) is 0 Å². The molecular formula is C18H36N2O. The number of carbonyl (C=O) groups excluding carboxylic acids is 1. The molecule has 0 unspecified atom stereocenters. The van der Waals surface area contributed by atoms with Crippen molar-refractivity contribution in [2.45, 2.75) is 78.1 Å². The second-order valence-corrected chi connectivity index (χ2v) is 6.53. The molecule has 1 rings (SSSR count). The number of hydrogen-bond donors (Lipinski definition) is 1. The summed E-state index contributed by atoms with van der Waals surface area (Å²) >= 11 is 0. The fourth-order valence-corrected chi connectivity index (χ4v) is 3.12. The summed E-state index contributed by atoms with van der Waals surface area (Å²) in [6.45, 7) is 8.66. The molecule has 0 spiro atoms. The molecule has 0 saturated carbocycles. The van der Waals surface area contributed by atoms with Crippen LogP contribution >= 0.6 is 0 Å². The van der Waals surface area contributed by atoms with Gasteiger partial charge in [0.25, 0.3) is 0 Å². The van der Waals surface area contributed by atoms with Crippen LogP contribution in [-0.2, 0) is 4.79 Å². The molecule has 3 nitrogen and oxygen atoms in total. The first-order valence-electron chi connectivity index (χ1n) is 9.26. The molecule has 1 fully saturated rings. The van der Waals surface area contributed by atoms with Crippen molar-refractivity contribution in [3.05, 3.63) is 0 Å². The lowest BCUT2D eigenvalue weighted by atomic mass is 9.93. The van der Waals surface area contributed by atoms with E-state index >= 15 is 0 Å². The van der Waals surface area contributed by atoms with Gasteiger partial charge in [-0.1, -0.05) is 39.5 Å². The van der Waals surface area contributed by atoms with Gasteiger partial charge in [0.1, 0.15) is 0 Å². The Morgan fingerprint density at radius 2 is 1.57 bits per heavy atom. The highest BCUT2D eigenvalue weighted by Crippen LogP contribution is 2.18.